The third-order valence-electron chi connectivity index (χ3n) is 3.76. The van der Waals surface area contributed by atoms with Gasteiger partial charge < -0.3 is 11.1 Å². The summed E-state index contributed by atoms with van der Waals surface area (Å²) in [5.41, 5.74) is 7.24. The molecule has 1 aromatic carbocycles. The predicted octanol–water partition coefficient (Wildman–Crippen LogP) is 3.34. The molecule has 3 rings (SSSR count). The first kappa shape index (κ1) is 14.1. The predicted molar refractivity (Wildman–Crippen MR) is 82.8 cm³/mol. The molecule has 2 atom stereocenters. The van der Waals surface area contributed by atoms with Crippen molar-refractivity contribution in [1.82, 2.24) is 4.98 Å². The molecule has 0 saturated heterocycles. The highest BCUT2D eigenvalue weighted by atomic mass is 35.5. The summed E-state index contributed by atoms with van der Waals surface area (Å²) in [4.78, 5) is 4.17. The van der Waals surface area contributed by atoms with Crippen LogP contribution >= 0.6 is 12.4 Å². The highest BCUT2D eigenvalue weighted by Crippen LogP contribution is 2.26. The quantitative estimate of drug-likeness (QED) is 0.885. The molecule has 2 aromatic rings. The molecule has 19 heavy (non-hydrogen) atoms. The van der Waals surface area contributed by atoms with Crippen LogP contribution in [0.25, 0.3) is 10.8 Å². The Bertz CT molecular complexity index is 538. The molecule has 2 unspecified atom stereocenters. The molecule has 1 heterocycles. The Morgan fingerprint density at radius 2 is 2.11 bits per heavy atom. The Kier molecular flexibility index (Phi) is 4.61. The molecule has 4 heteroatoms. The number of rotatable bonds is 2. The van der Waals surface area contributed by atoms with Crippen molar-refractivity contribution in [2.75, 3.05) is 5.32 Å². The van der Waals surface area contributed by atoms with Gasteiger partial charge in [0, 0.05) is 40.9 Å². The summed E-state index contributed by atoms with van der Waals surface area (Å²) >= 11 is 0. The summed E-state index contributed by atoms with van der Waals surface area (Å²) in [5.74, 6) is 0. The van der Waals surface area contributed by atoms with Crippen molar-refractivity contribution >= 4 is 28.9 Å². The van der Waals surface area contributed by atoms with Crippen LogP contribution in [0.15, 0.2) is 36.7 Å². The van der Waals surface area contributed by atoms with Gasteiger partial charge in [-0.3, -0.25) is 4.98 Å². The van der Waals surface area contributed by atoms with Gasteiger partial charge in [-0.1, -0.05) is 12.1 Å². The van der Waals surface area contributed by atoms with Gasteiger partial charge in [0.2, 0.25) is 0 Å². The summed E-state index contributed by atoms with van der Waals surface area (Å²) in [5, 5.41) is 6.07. The Balaban J connectivity index is 0.00000133. The van der Waals surface area contributed by atoms with Crippen molar-refractivity contribution in [2.24, 2.45) is 5.73 Å². The van der Waals surface area contributed by atoms with E-state index in [0.717, 1.165) is 12.8 Å². The second kappa shape index (κ2) is 6.22. The van der Waals surface area contributed by atoms with Gasteiger partial charge in [0.05, 0.1) is 0 Å². The largest absolute Gasteiger partial charge is 0.382 e. The maximum absolute atomic E-state index is 6.04. The molecule has 1 saturated carbocycles. The smallest absolute Gasteiger partial charge is 0.0423 e. The van der Waals surface area contributed by atoms with Gasteiger partial charge in [0.1, 0.15) is 0 Å². The number of nitrogens with one attached hydrogen (secondary N) is 1. The van der Waals surface area contributed by atoms with Gasteiger partial charge >= 0.3 is 0 Å². The number of fused-ring (bicyclic) bond motifs is 1. The number of nitrogens with two attached hydrogens (primary N) is 1. The number of benzene rings is 1. The van der Waals surface area contributed by atoms with Gasteiger partial charge in [0.15, 0.2) is 0 Å². The lowest BCUT2D eigenvalue weighted by Crippen LogP contribution is -2.34. The van der Waals surface area contributed by atoms with Crippen LogP contribution in [0, 0.1) is 0 Å². The van der Waals surface area contributed by atoms with E-state index < -0.39 is 0 Å². The molecule has 3 nitrogen and oxygen atoms in total. The minimum Gasteiger partial charge on any atom is -0.382 e. The Labute approximate surface area is 120 Å². The van der Waals surface area contributed by atoms with E-state index >= 15 is 0 Å². The van der Waals surface area contributed by atoms with Gasteiger partial charge in [-0.2, -0.15) is 0 Å². The Hall–Kier alpha value is -1.32. The number of anilines is 1. The number of hydrogen-bond donors (Lipinski definition) is 2. The molecule has 1 fully saturated rings. The third-order valence-corrected chi connectivity index (χ3v) is 3.76. The monoisotopic (exact) mass is 277 g/mol. The fraction of sp³-hybridized carbons (Fsp3) is 0.400. The van der Waals surface area contributed by atoms with Crippen molar-refractivity contribution < 1.29 is 0 Å². The van der Waals surface area contributed by atoms with Gasteiger partial charge in [-0.05, 0) is 37.8 Å². The molecular weight excluding hydrogens is 258 g/mol. The summed E-state index contributed by atoms with van der Waals surface area (Å²) in [6, 6.07) is 9.25. The van der Waals surface area contributed by atoms with E-state index in [4.69, 9.17) is 5.73 Å². The highest BCUT2D eigenvalue weighted by Gasteiger charge is 2.19. The first-order chi connectivity index (χ1) is 8.83. The molecule has 1 aliphatic rings. The Morgan fingerprint density at radius 3 is 2.95 bits per heavy atom. The van der Waals surface area contributed by atoms with Crippen LogP contribution < -0.4 is 11.1 Å². The lowest BCUT2D eigenvalue weighted by Gasteiger charge is -2.28. The molecule has 0 radical (unpaired) electrons. The van der Waals surface area contributed by atoms with Crippen LogP contribution in [-0.2, 0) is 0 Å². The van der Waals surface area contributed by atoms with Gasteiger partial charge in [0.25, 0.3) is 0 Å². The lowest BCUT2D eigenvalue weighted by atomic mass is 9.91. The zero-order valence-corrected chi connectivity index (χ0v) is 11.7. The van der Waals surface area contributed by atoms with E-state index in [-0.39, 0.29) is 12.4 Å². The minimum absolute atomic E-state index is 0. The summed E-state index contributed by atoms with van der Waals surface area (Å²) in [6.07, 6.45) is 8.44. The van der Waals surface area contributed by atoms with E-state index in [9.17, 15) is 0 Å². The highest BCUT2D eigenvalue weighted by molar-refractivity contribution is 5.93. The van der Waals surface area contributed by atoms with E-state index in [1.165, 1.54) is 29.3 Å². The van der Waals surface area contributed by atoms with E-state index in [0.29, 0.717) is 12.1 Å². The molecule has 102 valence electrons. The minimum atomic E-state index is 0. The third kappa shape index (κ3) is 3.17. The molecule has 1 aliphatic carbocycles. The molecule has 1 aromatic heterocycles. The second-order valence-corrected chi connectivity index (χ2v) is 5.17. The maximum Gasteiger partial charge on any atom is 0.0423 e. The zero-order chi connectivity index (χ0) is 12.4. The van der Waals surface area contributed by atoms with Crippen molar-refractivity contribution in [1.29, 1.82) is 0 Å². The van der Waals surface area contributed by atoms with Crippen LogP contribution in [0.1, 0.15) is 25.7 Å². The van der Waals surface area contributed by atoms with Crippen molar-refractivity contribution in [2.45, 2.75) is 37.8 Å². The van der Waals surface area contributed by atoms with Gasteiger partial charge in [-0.25, -0.2) is 0 Å². The number of pyridine rings is 1. The average Bonchev–Trinajstić information content (AvgIpc) is 2.39. The summed E-state index contributed by atoms with van der Waals surface area (Å²) < 4.78 is 0. The standard InChI is InChI=1S/C15H19N3.ClH/c16-12-4-2-5-13(9-12)18-15-6-1-3-11-10-17-8-7-14(11)15;/h1,3,6-8,10,12-13,18H,2,4-5,9,16H2;1H. The van der Waals surface area contributed by atoms with Crippen LogP contribution in [-0.4, -0.2) is 17.1 Å². The number of nitrogens with zero attached hydrogens (tertiary/aromatic N) is 1. The molecule has 0 aliphatic heterocycles. The number of aromatic nitrogens is 1. The second-order valence-electron chi connectivity index (χ2n) is 5.17. The van der Waals surface area contributed by atoms with E-state index in [1.807, 2.05) is 12.4 Å². The van der Waals surface area contributed by atoms with Crippen molar-refractivity contribution in [3.8, 4) is 0 Å². The van der Waals surface area contributed by atoms with Crippen LogP contribution in [0.2, 0.25) is 0 Å². The van der Waals surface area contributed by atoms with Gasteiger partial charge in [-0.15, -0.1) is 12.4 Å². The van der Waals surface area contributed by atoms with Crippen molar-refractivity contribution in [3.63, 3.8) is 0 Å². The first-order valence-corrected chi connectivity index (χ1v) is 6.68. The molecular formula is C15H20ClN3. The Morgan fingerprint density at radius 1 is 1.21 bits per heavy atom. The number of halogens is 1. The van der Waals surface area contributed by atoms with Crippen LogP contribution in [0.3, 0.4) is 0 Å². The first-order valence-electron chi connectivity index (χ1n) is 6.68. The van der Waals surface area contributed by atoms with E-state index in [2.05, 4.69) is 34.6 Å². The lowest BCUT2D eigenvalue weighted by molar-refractivity contribution is 0.410. The van der Waals surface area contributed by atoms with Crippen molar-refractivity contribution in [3.05, 3.63) is 36.7 Å². The van der Waals surface area contributed by atoms with E-state index in [1.54, 1.807) is 0 Å². The maximum atomic E-state index is 6.04. The molecule has 3 N–H and O–H groups in total. The average molecular weight is 278 g/mol. The summed E-state index contributed by atoms with van der Waals surface area (Å²) in [7, 11) is 0. The zero-order valence-electron chi connectivity index (χ0n) is 10.9. The summed E-state index contributed by atoms with van der Waals surface area (Å²) in [6.45, 7) is 0. The molecule has 0 amide bonds. The van der Waals surface area contributed by atoms with Crippen LogP contribution in [0.4, 0.5) is 5.69 Å². The molecule has 0 spiro atoms. The fourth-order valence-corrected chi connectivity index (χ4v) is 2.83. The van der Waals surface area contributed by atoms with Crippen LogP contribution in [0.5, 0.6) is 0 Å². The fourth-order valence-electron chi connectivity index (χ4n) is 2.83. The number of hydrogen-bond acceptors (Lipinski definition) is 3. The normalized spacial score (nSPS) is 22.8. The molecule has 0 bridgehead atoms. The topological polar surface area (TPSA) is 50.9 Å². The SMILES string of the molecule is Cl.NC1CCCC(Nc2cccc3cnccc23)C1.